The summed E-state index contributed by atoms with van der Waals surface area (Å²) < 4.78 is 5.78. The van der Waals surface area contributed by atoms with Gasteiger partial charge in [-0.2, -0.15) is 0 Å². The fourth-order valence-corrected chi connectivity index (χ4v) is 2.42. The van der Waals surface area contributed by atoms with Crippen LogP contribution in [-0.2, 0) is 0 Å². The van der Waals surface area contributed by atoms with E-state index in [1.54, 1.807) is 32.0 Å². The Morgan fingerprint density at radius 2 is 1.95 bits per heavy atom. The molecule has 0 fully saturated rings. The summed E-state index contributed by atoms with van der Waals surface area (Å²) >= 11 is 0. The van der Waals surface area contributed by atoms with Gasteiger partial charge in [0.2, 0.25) is 0 Å². The smallest absolute Gasteiger partial charge is 0.168 e. The van der Waals surface area contributed by atoms with E-state index in [0.29, 0.717) is 16.9 Å². The molecule has 1 aliphatic rings. The Morgan fingerprint density at radius 3 is 2.50 bits per heavy atom. The average molecular weight is 277 g/mol. The van der Waals surface area contributed by atoms with E-state index in [-0.39, 0.29) is 5.78 Å². The first-order chi connectivity index (χ1) is 9.04. The molecule has 1 aromatic rings. The molecular formula is C16H23NO3. The summed E-state index contributed by atoms with van der Waals surface area (Å²) in [5.74, 6) is 0.685. The van der Waals surface area contributed by atoms with E-state index in [0.717, 1.165) is 0 Å². The molecule has 0 saturated carbocycles. The molecule has 0 aliphatic carbocycles. The molecule has 3 N–H and O–H groups in total. The van der Waals surface area contributed by atoms with Crippen LogP contribution < -0.4 is 10.5 Å². The SMILES string of the molecule is CC(C)(C)C(=O)c1ccc2c(c1)[C@@H](N)[C@H](O)C(C)(C)O2. The Balaban J connectivity index is 2.46. The first kappa shape index (κ1) is 15.0. The number of carbonyl (C=O) groups is 1. The summed E-state index contributed by atoms with van der Waals surface area (Å²) in [5, 5.41) is 10.2. The lowest BCUT2D eigenvalue weighted by atomic mass is 9.83. The minimum absolute atomic E-state index is 0.0480. The molecule has 1 heterocycles. The molecular weight excluding hydrogens is 254 g/mol. The van der Waals surface area contributed by atoms with Gasteiger partial charge in [-0.25, -0.2) is 0 Å². The van der Waals surface area contributed by atoms with E-state index in [4.69, 9.17) is 10.5 Å². The van der Waals surface area contributed by atoms with E-state index in [1.165, 1.54) is 0 Å². The van der Waals surface area contributed by atoms with Gasteiger partial charge < -0.3 is 15.6 Å². The third-order valence-electron chi connectivity index (χ3n) is 3.74. The van der Waals surface area contributed by atoms with Gasteiger partial charge in [-0.15, -0.1) is 0 Å². The van der Waals surface area contributed by atoms with E-state index < -0.39 is 23.2 Å². The van der Waals surface area contributed by atoms with Crippen LogP contribution in [0.25, 0.3) is 0 Å². The first-order valence-electron chi connectivity index (χ1n) is 6.85. The van der Waals surface area contributed by atoms with E-state index >= 15 is 0 Å². The minimum Gasteiger partial charge on any atom is -0.485 e. The van der Waals surface area contributed by atoms with Gasteiger partial charge >= 0.3 is 0 Å². The van der Waals surface area contributed by atoms with Crippen LogP contribution in [0.15, 0.2) is 18.2 Å². The standard InChI is InChI=1S/C16H23NO3/c1-15(2,3)13(18)9-6-7-11-10(8-9)12(17)14(19)16(4,5)20-11/h6-8,12,14,19H,17H2,1-5H3/t12-,14+/m1/s1. The lowest BCUT2D eigenvalue weighted by Crippen LogP contribution is -2.51. The van der Waals surface area contributed by atoms with Crippen molar-refractivity contribution in [2.24, 2.45) is 11.1 Å². The lowest BCUT2D eigenvalue weighted by Gasteiger charge is -2.40. The van der Waals surface area contributed by atoms with Crippen molar-refractivity contribution in [2.75, 3.05) is 0 Å². The number of ether oxygens (including phenoxy) is 1. The van der Waals surface area contributed by atoms with Crippen molar-refractivity contribution in [3.05, 3.63) is 29.3 Å². The number of nitrogens with two attached hydrogens (primary N) is 1. The van der Waals surface area contributed by atoms with Gasteiger partial charge in [0, 0.05) is 16.5 Å². The van der Waals surface area contributed by atoms with Gasteiger partial charge in [-0.1, -0.05) is 20.8 Å². The third-order valence-corrected chi connectivity index (χ3v) is 3.74. The molecule has 0 unspecified atom stereocenters. The summed E-state index contributed by atoms with van der Waals surface area (Å²) in [6, 6.07) is 4.71. The van der Waals surface area contributed by atoms with Gasteiger partial charge in [-0.05, 0) is 32.0 Å². The average Bonchev–Trinajstić information content (AvgIpc) is 2.33. The van der Waals surface area contributed by atoms with Crippen LogP contribution in [0, 0.1) is 5.41 Å². The van der Waals surface area contributed by atoms with Crippen molar-refractivity contribution in [3.63, 3.8) is 0 Å². The van der Waals surface area contributed by atoms with Crippen LogP contribution >= 0.6 is 0 Å². The zero-order valence-corrected chi connectivity index (χ0v) is 12.7. The second-order valence-electron chi connectivity index (χ2n) is 7.01. The molecule has 110 valence electrons. The number of ketones is 1. The van der Waals surface area contributed by atoms with Gasteiger partial charge in [0.1, 0.15) is 17.5 Å². The number of aliphatic hydroxyl groups excluding tert-OH is 1. The summed E-state index contributed by atoms with van der Waals surface area (Å²) in [5.41, 5.74) is 6.20. The summed E-state index contributed by atoms with van der Waals surface area (Å²) in [4.78, 5) is 12.3. The van der Waals surface area contributed by atoms with Crippen LogP contribution in [0.2, 0.25) is 0 Å². The molecule has 1 aromatic carbocycles. The second kappa shape index (κ2) is 4.57. The molecule has 4 nitrogen and oxygen atoms in total. The largest absolute Gasteiger partial charge is 0.485 e. The van der Waals surface area contributed by atoms with Gasteiger partial charge in [0.25, 0.3) is 0 Å². The fraction of sp³-hybridized carbons (Fsp3) is 0.562. The summed E-state index contributed by atoms with van der Waals surface area (Å²) in [6.07, 6.45) is -0.810. The maximum absolute atomic E-state index is 12.3. The van der Waals surface area contributed by atoms with Crippen LogP contribution in [-0.4, -0.2) is 22.6 Å². The zero-order chi connectivity index (χ0) is 15.3. The number of carbonyl (C=O) groups excluding carboxylic acids is 1. The molecule has 0 radical (unpaired) electrons. The number of benzene rings is 1. The van der Waals surface area contributed by atoms with Crippen LogP contribution in [0.4, 0.5) is 0 Å². The van der Waals surface area contributed by atoms with Crippen molar-refractivity contribution < 1.29 is 14.6 Å². The molecule has 2 atom stereocenters. The number of hydrogen-bond acceptors (Lipinski definition) is 4. The number of rotatable bonds is 1. The molecule has 1 aliphatic heterocycles. The highest BCUT2D eigenvalue weighted by Gasteiger charge is 2.41. The van der Waals surface area contributed by atoms with E-state index in [2.05, 4.69) is 0 Å². The summed E-state index contributed by atoms with van der Waals surface area (Å²) in [7, 11) is 0. The topological polar surface area (TPSA) is 72.6 Å². The Hall–Kier alpha value is -1.39. The highest BCUT2D eigenvalue weighted by molar-refractivity contribution is 6.00. The Bertz CT molecular complexity index is 543. The number of fused-ring (bicyclic) bond motifs is 1. The maximum atomic E-state index is 12.3. The quantitative estimate of drug-likeness (QED) is 0.773. The van der Waals surface area contributed by atoms with Gasteiger partial charge in [0.05, 0.1) is 6.04 Å². The van der Waals surface area contributed by atoms with Crippen LogP contribution in [0.5, 0.6) is 5.75 Å². The van der Waals surface area contributed by atoms with Crippen molar-refractivity contribution in [1.82, 2.24) is 0 Å². The fourth-order valence-electron chi connectivity index (χ4n) is 2.42. The first-order valence-corrected chi connectivity index (χ1v) is 6.85. The van der Waals surface area contributed by atoms with Crippen molar-refractivity contribution in [3.8, 4) is 5.75 Å². The maximum Gasteiger partial charge on any atom is 0.168 e. The number of Topliss-reactive ketones (excluding diaryl/α,β-unsaturated/α-hetero) is 1. The lowest BCUT2D eigenvalue weighted by molar-refractivity contribution is -0.0571. The Kier molecular flexibility index (Phi) is 3.43. The minimum atomic E-state index is -0.810. The zero-order valence-electron chi connectivity index (χ0n) is 12.7. The monoisotopic (exact) mass is 277 g/mol. The molecule has 4 heteroatoms. The molecule has 0 aromatic heterocycles. The van der Waals surface area contributed by atoms with Crippen molar-refractivity contribution >= 4 is 5.78 Å². The van der Waals surface area contributed by atoms with Gasteiger partial charge in [-0.3, -0.25) is 4.79 Å². The van der Waals surface area contributed by atoms with Crippen molar-refractivity contribution in [2.45, 2.75) is 52.4 Å². The molecule has 2 rings (SSSR count). The second-order valence-corrected chi connectivity index (χ2v) is 7.01. The van der Waals surface area contributed by atoms with Crippen LogP contribution in [0.3, 0.4) is 0 Å². The number of aliphatic hydroxyl groups is 1. The molecule has 20 heavy (non-hydrogen) atoms. The third kappa shape index (κ3) is 2.45. The Labute approximate surface area is 119 Å². The summed E-state index contributed by atoms with van der Waals surface area (Å²) in [6.45, 7) is 9.23. The highest BCUT2D eigenvalue weighted by Crippen LogP contribution is 2.39. The highest BCUT2D eigenvalue weighted by atomic mass is 16.5. The Morgan fingerprint density at radius 1 is 1.35 bits per heavy atom. The van der Waals surface area contributed by atoms with E-state index in [1.807, 2.05) is 20.8 Å². The number of hydrogen-bond donors (Lipinski definition) is 2. The van der Waals surface area contributed by atoms with Gasteiger partial charge in [0.15, 0.2) is 5.78 Å². The molecule has 0 spiro atoms. The molecule has 0 bridgehead atoms. The van der Waals surface area contributed by atoms with E-state index in [9.17, 15) is 9.90 Å². The molecule has 0 saturated heterocycles. The normalized spacial score (nSPS) is 24.8. The van der Waals surface area contributed by atoms with Crippen LogP contribution in [0.1, 0.15) is 56.6 Å². The predicted octanol–water partition coefficient (Wildman–Crippen LogP) is 2.45. The predicted molar refractivity (Wildman–Crippen MR) is 77.9 cm³/mol. The molecule has 0 amide bonds. The van der Waals surface area contributed by atoms with Crippen molar-refractivity contribution in [1.29, 1.82) is 0 Å².